The van der Waals surface area contributed by atoms with Gasteiger partial charge in [0.25, 0.3) is 11.8 Å². The predicted molar refractivity (Wildman–Crippen MR) is 75.0 cm³/mol. The summed E-state index contributed by atoms with van der Waals surface area (Å²) in [6.07, 6.45) is 0. The van der Waals surface area contributed by atoms with Gasteiger partial charge in [0.1, 0.15) is 21.7 Å². The number of carbonyl (C=O) groups excluding carboxylic acids is 2. The fourth-order valence-corrected chi connectivity index (χ4v) is 1.53. The van der Waals surface area contributed by atoms with Crippen molar-refractivity contribution in [2.24, 2.45) is 0 Å². The predicted octanol–water partition coefficient (Wildman–Crippen LogP) is 1.88. The first kappa shape index (κ1) is 15.8. The van der Waals surface area contributed by atoms with Crippen molar-refractivity contribution in [1.29, 1.82) is 0 Å². The van der Waals surface area contributed by atoms with Crippen molar-refractivity contribution in [3.63, 3.8) is 0 Å². The molecule has 1 aromatic rings. The molecule has 1 aromatic heterocycles. The number of anilines is 2. The Labute approximate surface area is 127 Å². The molecule has 0 radical (unpaired) electrons. The van der Waals surface area contributed by atoms with E-state index in [1.165, 1.54) is 6.07 Å². The van der Waals surface area contributed by atoms with Crippen LogP contribution in [0.3, 0.4) is 0 Å². The van der Waals surface area contributed by atoms with E-state index in [0.717, 1.165) is 0 Å². The highest BCUT2D eigenvalue weighted by atomic mass is 35.5. The number of pyridine rings is 1. The number of amides is 2. The lowest BCUT2D eigenvalue weighted by molar-refractivity contribution is -0.123. The van der Waals surface area contributed by atoms with Crippen LogP contribution in [0.1, 0.15) is 0 Å². The van der Waals surface area contributed by atoms with Crippen molar-refractivity contribution >= 4 is 69.9 Å². The Hall–Kier alpha value is -1.21. The summed E-state index contributed by atoms with van der Waals surface area (Å²) in [6, 6.07) is 1.46. The van der Waals surface area contributed by atoms with E-state index in [4.69, 9.17) is 57.9 Å². The van der Waals surface area contributed by atoms with Gasteiger partial charge in [-0.2, -0.15) is 0 Å². The molecule has 10 heteroatoms. The molecule has 0 saturated heterocycles. The van der Waals surface area contributed by atoms with E-state index in [9.17, 15) is 9.59 Å². The number of nitrogens with zero attached hydrogens (tertiary/aromatic N) is 1. The molecule has 2 amide bonds. The molecule has 2 heterocycles. The van der Waals surface area contributed by atoms with Gasteiger partial charge in [-0.3, -0.25) is 14.9 Å². The Kier molecular flexibility index (Phi) is 5.25. The largest absolute Gasteiger partial charge is 0.382 e. The Bertz CT molecular complexity index is 516. The van der Waals surface area contributed by atoms with Crippen LogP contribution in [-0.2, 0) is 9.59 Å². The molecule has 0 unspecified atom stereocenters. The van der Waals surface area contributed by atoms with Crippen molar-refractivity contribution in [3.8, 4) is 0 Å². The smallest absolute Gasteiger partial charge is 0.271 e. The number of nitrogens with one attached hydrogen (secondary N) is 1. The van der Waals surface area contributed by atoms with Crippen LogP contribution in [-0.4, -0.2) is 16.8 Å². The topological polar surface area (TPSA) is 111 Å². The van der Waals surface area contributed by atoms with Gasteiger partial charge in [0.2, 0.25) is 0 Å². The Morgan fingerprint density at radius 3 is 1.47 bits per heavy atom. The number of carbonyl (C=O) groups is 2. The fourth-order valence-electron chi connectivity index (χ4n) is 0.908. The molecule has 102 valence electrons. The lowest BCUT2D eigenvalue weighted by Gasteiger charge is -1.99. The molecule has 1 aliphatic rings. The van der Waals surface area contributed by atoms with E-state index in [0.29, 0.717) is 10.0 Å². The van der Waals surface area contributed by atoms with Gasteiger partial charge >= 0.3 is 0 Å². The minimum atomic E-state index is -0.633. The molecule has 0 atom stereocenters. The standard InChI is InChI=1S/C5H5Cl2N3.C4HCl2NO2/c6-2-1-3(7)5(9)10-4(2)8;5-1-2(6)4(9)7-3(1)8/h1H,(H4,8,9,10);(H,7,8,9). The molecule has 2 rings (SSSR count). The van der Waals surface area contributed by atoms with Gasteiger partial charge in [-0.1, -0.05) is 46.4 Å². The maximum atomic E-state index is 10.4. The Balaban J connectivity index is 0.000000191. The first-order chi connectivity index (χ1) is 8.73. The van der Waals surface area contributed by atoms with Crippen molar-refractivity contribution in [1.82, 2.24) is 10.3 Å². The lowest BCUT2D eigenvalue weighted by atomic mass is 10.4. The maximum Gasteiger partial charge on any atom is 0.271 e. The summed E-state index contributed by atoms with van der Waals surface area (Å²) in [5.41, 5.74) is 10.6. The van der Waals surface area contributed by atoms with Gasteiger partial charge < -0.3 is 11.5 Å². The SMILES string of the molecule is Nc1nc(N)c(Cl)cc1Cl.O=C1NC(=O)C(Cl)=C1Cl. The van der Waals surface area contributed by atoms with Crippen molar-refractivity contribution in [2.45, 2.75) is 0 Å². The summed E-state index contributed by atoms with van der Waals surface area (Å²) < 4.78 is 0. The molecule has 0 saturated carbocycles. The number of hydrogen-bond acceptors (Lipinski definition) is 5. The van der Waals surface area contributed by atoms with Gasteiger partial charge in [0.05, 0.1) is 10.0 Å². The average molecular weight is 344 g/mol. The first-order valence-electron chi connectivity index (χ1n) is 4.52. The van der Waals surface area contributed by atoms with Crippen molar-refractivity contribution in [2.75, 3.05) is 11.5 Å². The van der Waals surface area contributed by atoms with E-state index < -0.39 is 11.8 Å². The van der Waals surface area contributed by atoms with E-state index in [-0.39, 0.29) is 21.7 Å². The van der Waals surface area contributed by atoms with Gasteiger partial charge in [0, 0.05) is 0 Å². The van der Waals surface area contributed by atoms with Crippen LogP contribution in [0.25, 0.3) is 0 Å². The zero-order valence-corrected chi connectivity index (χ0v) is 12.0. The third-order valence-corrected chi connectivity index (χ3v) is 3.23. The third-order valence-electron chi connectivity index (χ3n) is 1.80. The summed E-state index contributed by atoms with van der Waals surface area (Å²) in [4.78, 5) is 24.4. The number of halogens is 4. The highest BCUT2D eigenvalue weighted by Crippen LogP contribution is 2.24. The second-order valence-electron chi connectivity index (χ2n) is 3.13. The van der Waals surface area contributed by atoms with E-state index in [1.807, 2.05) is 5.32 Å². The summed E-state index contributed by atoms with van der Waals surface area (Å²) in [5, 5.41) is 2.07. The molecular formula is C9H6Cl4N4O2. The molecular weight excluding hydrogens is 338 g/mol. The highest BCUT2D eigenvalue weighted by Gasteiger charge is 2.26. The molecule has 0 spiro atoms. The number of nitrogen functional groups attached to an aromatic ring is 2. The monoisotopic (exact) mass is 342 g/mol. The molecule has 0 bridgehead atoms. The lowest BCUT2D eigenvalue weighted by Crippen LogP contribution is -2.21. The summed E-state index contributed by atoms with van der Waals surface area (Å²) in [6.45, 7) is 0. The number of hydrogen-bond donors (Lipinski definition) is 3. The molecule has 6 nitrogen and oxygen atoms in total. The highest BCUT2D eigenvalue weighted by molar-refractivity contribution is 6.58. The first-order valence-corrected chi connectivity index (χ1v) is 6.03. The molecule has 0 aromatic carbocycles. The second kappa shape index (κ2) is 6.29. The van der Waals surface area contributed by atoms with E-state index in [1.54, 1.807) is 0 Å². The third kappa shape index (κ3) is 3.87. The quantitative estimate of drug-likeness (QED) is 0.623. The van der Waals surface area contributed by atoms with Crippen molar-refractivity contribution in [3.05, 3.63) is 26.2 Å². The molecule has 19 heavy (non-hydrogen) atoms. The number of nitrogens with two attached hydrogens (primary N) is 2. The summed E-state index contributed by atoms with van der Waals surface area (Å²) >= 11 is 21.6. The van der Waals surface area contributed by atoms with Gasteiger partial charge in [-0.25, -0.2) is 4.98 Å². The van der Waals surface area contributed by atoms with Crippen LogP contribution in [0.5, 0.6) is 0 Å². The fraction of sp³-hybridized carbons (Fsp3) is 0. The molecule has 5 N–H and O–H groups in total. The van der Waals surface area contributed by atoms with E-state index >= 15 is 0 Å². The normalized spacial score (nSPS) is 14.1. The van der Waals surface area contributed by atoms with Crippen LogP contribution in [0.2, 0.25) is 10.0 Å². The van der Waals surface area contributed by atoms with Gasteiger partial charge in [-0.15, -0.1) is 0 Å². The van der Waals surface area contributed by atoms with Crippen LogP contribution in [0.4, 0.5) is 11.6 Å². The van der Waals surface area contributed by atoms with Crippen LogP contribution in [0.15, 0.2) is 16.1 Å². The zero-order chi connectivity index (χ0) is 14.7. The van der Waals surface area contributed by atoms with E-state index in [2.05, 4.69) is 4.98 Å². The Morgan fingerprint density at radius 2 is 1.26 bits per heavy atom. The van der Waals surface area contributed by atoms with Crippen LogP contribution < -0.4 is 16.8 Å². The minimum absolute atomic E-state index is 0.198. The maximum absolute atomic E-state index is 10.4. The average Bonchev–Trinajstić information content (AvgIpc) is 2.55. The minimum Gasteiger partial charge on any atom is -0.382 e. The zero-order valence-electron chi connectivity index (χ0n) is 9.01. The van der Waals surface area contributed by atoms with Gasteiger partial charge in [-0.05, 0) is 6.07 Å². The molecule has 1 aliphatic heterocycles. The second-order valence-corrected chi connectivity index (χ2v) is 4.70. The Morgan fingerprint density at radius 1 is 0.895 bits per heavy atom. The van der Waals surface area contributed by atoms with Gasteiger partial charge in [0.15, 0.2) is 0 Å². The van der Waals surface area contributed by atoms with Crippen molar-refractivity contribution < 1.29 is 9.59 Å². The summed E-state index contributed by atoms with van der Waals surface area (Å²) in [7, 11) is 0. The summed E-state index contributed by atoms with van der Waals surface area (Å²) in [5.74, 6) is -0.870. The number of rotatable bonds is 0. The molecule has 0 aliphatic carbocycles. The number of aromatic nitrogens is 1. The van der Waals surface area contributed by atoms with Crippen LogP contribution in [0, 0.1) is 0 Å². The molecule has 0 fully saturated rings. The number of imide groups is 1. The van der Waals surface area contributed by atoms with Crippen LogP contribution >= 0.6 is 46.4 Å².